The average Bonchev–Trinajstić information content (AvgIpc) is 2.56. The highest BCUT2D eigenvalue weighted by Crippen LogP contribution is 2.29. The molecule has 1 aromatic carbocycles. The number of aromatic amines is 1. The first-order chi connectivity index (χ1) is 10.3. The van der Waals surface area contributed by atoms with Crippen LogP contribution in [-0.4, -0.2) is 14.2 Å². The number of nitrogens with two attached hydrogens (primary N) is 1. The number of benzene rings is 1. The van der Waals surface area contributed by atoms with Gasteiger partial charge in [0.05, 0.1) is 19.8 Å². The fraction of sp³-hybridized carbons (Fsp3) is 0.353. The van der Waals surface area contributed by atoms with E-state index in [9.17, 15) is 0 Å². The largest absolute Gasteiger partial charge is 0.493 e. The van der Waals surface area contributed by atoms with E-state index >= 15 is 0 Å². The minimum atomic E-state index is 0.407. The van der Waals surface area contributed by atoms with Crippen molar-refractivity contribution < 1.29 is 19.8 Å². The van der Waals surface area contributed by atoms with Crippen molar-refractivity contribution in [2.45, 2.75) is 25.9 Å². The van der Waals surface area contributed by atoms with E-state index in [1.807, 2.05) is 24.5 Å². The van der Waals surface area contributed by atoms with Crippen LogP contribution in [0.1, 0.15) is 30.5 Å². The maximum absolute atomic E-state index is 5.39. The Labute approximate surface area is 126 Å². The molecule has 3 N–H and O–H groups in total. The normalized spacial score (nSPS) is 12.0. The smallest absolute Gasteiger partial charge is 0.175 e. The summed E-state index contributed by atoms with van der Waals surface area (Å²) in [6.45, 7) is 3.15. The minimum Gasteiger partial charge on any atom is -0.493 e. The number of pyridine rings is 1. The monoisotopic (exact) mass is 288 g/mol. The lowest BCUT2D eigenvalue weighted by Crippen LogP contribution is -2.83. The summed E-state index contributed by atoms with van der Waals surface area (Å²) in [7, 11) is 3.33. The van der Waals surface area contributed by atoms with Crippen LogP contribution in [-0.2, 0) is 6.54 Å². The maximum atomic E-state index is 5.39. The number of hydrogen-bond acceptors (Lipinski definition) is 2. The van der Waals surface area contributed by atoms with Crippen LogP contribution in [0.5, 0.6) is 11.5 Å². The fourth-order valence-electron chi connectivity index (χ4n) is 2.46. The van der Waals surface area contributed by atoms with Gasteiger partial charge in [-0.1, -0.05) is 6.92 Å². The highest BCUT2D eigenvalue weighted by atomic mass is 16.5. The Balaban J connectivity index is 2.10. The van der Waals surface area contributed by atoms with Crippen LogP contribution in [0, 0.1) is 0 Å². The second kappa shape index (κ2) is 7.64. The number of H-pyrrole nitrogens is 1. The van der Waals surface area contributed by atoms with Gasteiger partial charge in [0.2, 0.25) is 0 Å². The van der Waals surface area contributed by atoms with Gasteiger partial charge in [0, 0.05) is 18.1 Å². The van der Waals surface area contributed by atoms with Crippen LogP contribution < -0.4 is 19.8 Å². The van der Waals surface area contributed by atoms with Gasteiger partial charge in [0.25, 0.3) is 0 Å². The Morgan fingerprint density at radius 3 is 2.57 bits per heavy atom. The molecule has 1 atom stereocenters. The van der Waals surface area contributed by atoms with Crippen molar-refractivity contribution in [2.24, 2.45) is 0 Å². The van der Waals surface area contributed by atoms with E-state index < -0.39 is 0 Å². The summed E-state index contributed by atoms with van der Waals surface area (Å²) in [4.78, 5) is 3.12. The van der Waals surface area contributed by atoms with Crippen LogP contribution in [0.25, 0.3) is 0 Å². The van der Waals surface area contributed by atoms with Crippen molar-refractivity contribution in [3.63, 3.8) is 0 Å². The summed E-state index contributed by atoms with van der Waals surface area (Å²) in [6, 6.07) is 10.7. The summed E-state index contributed by atoms with van der Waals surface area (Å²) in [5.41, 5.74) is 2.55. The zero-order chi connectivity index (χ0) is 15.1. The molecule has 0 aliphatic rings. The number of methoxy groups -OCH3 is 2. The summed E-state index contributed by atoms with van der Waals surface area (Å²) < 4.78 is 10.7. The molecule has 1 aromatic heterocycles. The van der Waals surface area contributed by atoms with Crippen LogP contribution >= 0.6 is 0 Å². The lowest BCUT2D eigenvalue weighted by atomic mass is 10.0. The molecule has 21 heavy (non-hydrogen) atoms. The molecule has 0 aliphatic heterocycles. The molecule has 0 saturated carbocycles. The third kappa shape index (κ3) is 3.95. The van der Waals surface area contributed by atoms with Crippen molar-refractivity contribution in [1.82, 2.24) is 0 Å². The molecule has 2 rings (SSSR count). The van der Waals surface area contributed by atoms with Crippen LogP contribution in [0.2, 0.25) is 0 Å². The first-order valence-electron chi connectivity index (χ1n) is 7.28. The zero-order valence-electron chi connectivity index (χ0n) is 12.9. The van der Waals surface area contributed by atoms with Crippen molar-refractivity contribution in [3.8, 4) is 11.5 Å². The standard InChI is InChI=1S/C17H22N2O2/c1-4-15(19-12-13-6-5-9-18-11-13)14-7-8-16(20-2)17(10-14)21-3/h5-11,15,19H,4,12H2,1-3H3/p+2. The zero-order valence-corrected chi connectivity index (χ0v) is 12.9. The predicted molar refractivity (Wildman–Crippen MR) is 81.2 cm³/mol. The van der Waals surface area contributed by atoms with Gasteiger partial charge < -0.3 is 14.8 Å². The molecule has 112 valence electrons. The number of ether oxygens (including phenoxy) is 2. The number of nitrogens with one attached hydrogen (secondary N) is 1. The lowest BCUT2D eigenvalue weighted by molar-refractivity contribution is -0.711. The number of hydrogen-bond donors (Lipinski definition) is 1. The molecule has 0 radical (unpaired) electrons. The molecule has 0 saturated heterocycles. The van der Waals surface area contributed by atoms with Crippen LogP contribution in [0.3, 0.4) is 0 Å². The van der Waals surface area contributed by atoms with E-state index in [4.69, 9.17) is 9.47 Å². The Bertz CT molecular complexity index is 558. The van der Waals surface area contributed by atoms with Crippen molar-refractivity contribution >= 4 is 0 Å². The third-order valence-corrected chi connectivity index (χ3v) is 3.69. The quantitative estimate of drug-likeness (QED) is 0.843. The van der Waals surface area contributed by atoms with Gasteiger partial charge in [-0.15, -0.1) is 0 Å². The molecule has 0 amide bonds. The number of quaternary nitrogens is 1. The molecular weight excluding hydrogens is 264 g/mol. The number of aromatic nitrogens is 1. The van der Waals surface area contributed by atoms with Gasteiger partial charge in [-0.3, -0.25) is 0 Å². The topological polar surface area (TPSA) is 49.2 Å². The van der Waals surface area contributed by atoms with E-state index in [-0.39, 0.29) is 0 Å². The summed E-state index contributed by atoms with van der Waals surface area (Å²) >= 11 is 0. The fourth-order valence-corrected chi connectivity index (χ4v) is 2.46. The molecule has 2 aromatic rings. The molecule has 4 heteroatoms. The Morgan fingerprint density at radius 1 is 1.14 bits per heavy atom. The molecule has 0 aliphatic carbocycles. The van der Waals surface area contributed by atoms with Gasteiger partial charge in [-0.2, -0.15) is 0 Å². The first-order valence-corrected chi connectivity index (χ1v) is 7.28. The predicted octanol–water partition coefficient (Wildman–Crippen LogP) is 1.73. The van der Waals surface area contributed by atoms with Crippen LogP contribution in [0.4, 0.5) is 0 Å². The maximum Gasteiger partial charge on any atom is 0.175 e. The summed E-state index contributed by atoms with van der Waals surface area (Å²) in [5.74, 6) is 1.56. The van der Waals surface area contributed by atoms with Gasteiger partial charge in [-0.05, 0) is 24.3 Å². The molecule has 0 bridgehead atoms. The molecule has 0 spiro atoms. The SMILES string of the molecule is CCC([NH2+]Cc1ccc[nH+]c1)c1ccc(OC)c(OC)c1. The van der Waals surface area contributed by atoms with E-state index in [0.717, 1.165) is 24.5 Å². The van der Waals surface area contributed by atoms with Crippen molar-refractivity contribution in [2.75, 3.05) is 14.2 Å². The summed E-state index contributed by atoms with van der Waals surface area (Å²) in [5, 5.41) is 2.35. The minimum absolute atomic E-state index is 0.407. The Kier molecular flexibility index (Phi) is 5.58. The van der Waals surface area contributed by atoms with Crippen molar-refractivity contribution in [1.29, 1.82) is 0 Å². The molecule has 1 heterocycles. The van der Waals surface area contributed by atoms with Crippen LogP contribution in [0.15, 0.2) is 42.7 Å². The van der Waals surface area contributed by atoms with Gasteiger partial charge in [0.15, 0.2) is 23.9 Å². The molecule has 0 fully saturated rings. The highest BCUT2D eigenvalue weighted by molar-refractivity contribution is 5.43. The second-order valence-corrected chi connectivity index (χ2v) is 4.98. The van der Waals surface area contributed by atoms with Gasteiger partial charge in [-0.25, -0.2) is 4.98 Å². The van der Waals surface area contributed by atoms with Crippen molar-refractivity contribution in [3.05, 3.63) is 53.9 Å². The number of rotatable bonds is 7. The Morgan fingerprint density at radius 2 is 1.95 bits per heavy atom. The van der Waals surface area contributed by atoms with E-state index in [2.05, 4.69) is 35.4 Å². The van der Waals surface area contributed by atoms with Gasteiger partial charge >= 0.3 is 0 Å². The highest BCUT2D eigenvalue weighted by Gasteiger charge is 2.15. The Hall–Kier alpha value is -2.07. The van der Waals surface area contributed by atoms with E-state index in [1.54, 1.807) is 14.2 Å². The third-order valence-electron chi connectivity index (χ3n) is 3.69. The van der Waals surface area contributed by atoms with E-state index in [0.29, 0.717) is 6.04 Å². The first kappa shape index (κ1) is 15.3. The lowest BCUT2D eigenvalue weighted by Gasteiger charge is -2.16. The average molecular weight is 288 g/mol. The second-order valence-electron chi connectivity index (χ2n) is 4.98. The molecule has 1 unspecified atom stereocenters. The summed E-state index contributed by atoms with van der Waals surface area (Å²) in [6.07, 6.45) is 5.03. The van der Waals surface area contributed by atoms with E-state index in [1.165, 1.54) is 11.1 Å². The van der Waals surface area contributed by atoms with Gasteiger partial charge in [0.1, 0.15) is 12.6 Å². The molecule has 4 nitrogen and oxygen atoms in total. The molecular formula is C17H24N2O2+2.